The first-order valence-electron chi connectivity index (χ1n) is 8.96. The number of amides is 1. The molecule has 14 heteroatoms. The molecule has 0 unspecified atom stereocenters. The molecule has 0 atom stereocenters. The van der Waals surface area contributed by atoms with Crippen LogP contribution in [0.3, 0.4) is 0 Å². The van der Waals surface area contributed by atoms with Crippen molar-refractivity contribution in [1.29, 1.82) is 0 Å². The molecule has 31 heavy (non-hydrogen) atoms. The van der Waals surface area contributed by atoms with Crippen molar-refractivity contribution >= 4 is 17.2 Å². The Morgan fingerprint density at radius 1 is 1.19 bits per heavy atom. The largest absolute Gasteiger partial charge is 0.433 e. The Morgan fingerprint density at radius 3 is 2.58 bits per heavy atom. The number of halogens is 6. The van der Waals surface area contributed by atoms with Crippen molar-refractivity contribution in [2.24, 2.45) is 0 Å². The molecule has 3 aromatic heterocycles. The summed E-state index contributed by atoms with van der Waals surface area (Å²) in [4.78, 5) is 16.6. The van der Waals surface area contributed by atoms with Gasteiger partial charge >= 0.3 is 12.4 Å². The number of fused-ring (bicyclic) bond motifs is 1. The molecule has 0 radical (unpaired) electrons. The van der Waals surface area contributed by atoms with Crippen LogP contribution in [0.2, 0.25) is 0 Å². The second kappa shape index (κ2) is 7.51. The van der Waals surface area contributed by atoms with Gasteiger partial charge in [0.25, 0.3) is 5.91 Å². The number of nitrogens with zero attached hydrogens (tertiary/aromatic N) is 5. The molecular formula is C17H14F6N6O2. The summed E-state index contributed by atoms with van der Waals surface area (Å²) >= 11 is 0. The average Bonchev–Trinajstić information content (AvgIpc) is 3.26. The van der Waals surface area contributed by atoms with Gasteiger partial charge in [-0.3, -0.25) is 4.79 Å². The van der Waals surface area contributed by atoms with Gasteiger partial charge in [0, 0.05) is 17.7 Å². The lowest BCUT2D eigenvalue weighted by Gasteiger charge is -2.10. The Balaban J connectivity index is 1.51. The number of alkyl halides is 6. The quantitative estimate of drug-likeness (QED) is 0.583. The monoisotopic (exact) mass is 448 g/mol. The summed E-state index contributed by atoms with van der Waals surface area (Å²) in [5.74, 6) is -0.869. The fourth-order valence-corrected chi connectivity index (χ4v) is 2.84. The standard InChI is InChI=1S/C17H14F6N6O2/c18-16(19,20)7-31-8-28-6-10(5-24-28)25-15(30)12-4-14-26-11(9-1-2-9)3-13(17(21,22)23)29(14)27-12/h3-6,9H,1-2,7-8H2,(H,25,30). The van der Waals surface area contributed by atoms with E-state index in [0.717, 1.165) is 35.9 Å². The van der Waals surface area contributed by atoms with E-state index in [1.54, 1.807) is 0 Å². The first-order chi connectivity index (χ1) is 14.5. The molecule has 1 amide bonds. The van der Waals surface area contributed by atoms with Crippen LogP contribution in [0.25, 0.3) is 5.65 Å². The lowest BCUT2D eigenvalue weighted by molar-refractivity contribution is -0.182. The number of ether oxygens (including phenoxy) is 1. The summed E-state index contributed by atoms with van der Waals surface area (Å²) in [6, 6.07) is 2.07. The first-order valence-corrected chi connectivity index (χ1v) is 8.96. The smallest absolute Gasteiger partial charge is 0.350 e. The van der Waals surface area contributed by atoms with Crippen molar-refractivity contribution in [2.75, 3.05) is 11.9 Å². The Labute approximate surface area is 169 Å². The van der Waals surface area contributed by atoms with Crippen LogP contribution in [0, 0.1) is 0 Å². The maximum Gasteiger partial charge on any atom is 0.433 e. The highest BCUT2D eigenvalue weighted by atomic mass is 19.4. The van der Waals surface area contributed by atoms with Gasteiger partial charge in [-0.05, 0) is 18.9 Å². The van der Waals surface area contributed by atoms with Gasteiger partial charge in [0.2, 0.25) is 0 Å². The molecule has 0 spiro atoms. The molecule has 0 aromatic carbocycles. The Hall–Kier alpha value is -3.16. The van der Waals surface area contributed by atoms with Crippen LogP contribution in [0.5, 0.6) is 0 Å². The normalized spacial score (nSPS) is 14.9. The molecular weight excluding hydrogens is 434 g/mol. The number of carbonyl (C=O) groups is 1. The predicted octanol–water partition coefficient (Wildman–Crippen LogP) is 3.61. The van der Waals surface area contributed by atoms with E-state index in [-0.39, 0.29) is 22.9 Å². The minimum absolute atomic E-state index is 0.0383. The highest BCUT2D eigenvalue weighted by Gasteiger charge is 2.37. The van der Waals surface area contributed by atoms with E-state index < -0.39 is 37.3 Å². The molecule has 3 aromatic rings. The number of hydrogen-bond acceptors (Lipinski definition) is 5. The summed E-state index contributed by atoms with van der Waals surface area (Å²) in [5, 5.41) is 9.83. The van der Waals surface area contributed by atoms with Crippen LogP contribution in [-0.4, -0.2) is 43.1 Å². The van der Waals surface area contributed by atoms with Gasteiger partial charge < -0.3 is 10.1 Å². The molecule has 1 aliphatic rings. The number of carbonyl (C=O) groups excluding carboxylic acids is 1. The van der Waals surface area contributed by atoms with Crippen molar-refractivity contribution in [3.05, 3.63) is 41.6 Å². The van der Waals surface area contributed by atoms with Gasteiger partial charge in [0.05, 0.1) is 18.1 Å². The van der Waals surface area contributed by atoms with Gasteiger partial charge in [0.1, 0.15) is 19.0 Å². The molecule has 1 aliphatic carbocycles. The first kappa shape index (κ1) is 21.1. The van der Waals surface area contributed by atoms with Crippen LogP contribution >= 0.6 is 0 Å². The van der Waals surface area contributed by atoms with E-state index >= 15 is 0 Å². The maximum atomic E-state index is 13.4. The number of nitrogens with one attached hydrogen (secondary N) is 1. The topological polar surface area (TPSA) is 86.3 Å². The zero-order chi connectivity index (χ0) is 22.4. The fourth-order valence-electron chi connectivity index (χ4n) is 2.84. The lowest BCUT2D eigenvalue weighted by Crippen LogP contribution is -2.18. The average molecular weight is 448 g/mol. The third kappa shape index (κ3) is 4.95. The van der Waals surface area contributed by atoms with E-state index in [4.69, 9.17) is 0 Å². The van der Waals surface area contributed by atoms with Gasteiger partial charge in [-0.15, -0.1) is 0 Å². The summed E-state index contributed by atoms with van der Waals surface area (Å²) in [5.41, 5.74) is -1.06. The Morgan fingerprint density at radius 2 is 1.94 bits per heavy atom. The van der Waals surface area contributed by atoms with E-state index in [1.165, 1.54) is 6.20 Å². The van der Waals surface area contributed by atoms with Crippen LogP contribution in [0.4, 0.5) is 32.0 Å². The SMILES string of the molecule is O=C(Nc1cnn(COCC(F)(F)F)c1)c1cc2nc(C3CC3)cc(C(F)(F)F)n2n1. The molecule has 0 saturated heterocycles. The lowest BCUT2D eigenvalue weighted by atomic mass is 10.2. The number of aromatic nitrogens is 5. The molecule has 1 saturated carbocycles. The van der Waals surface area contributed by atoms with Crippen LogP contribution in [0.15, 0.2) is 24.5 Å². The van der Waals surface area contributed by atoms with Crippen LogP contribution in [-0.2, 0) is 17.6 Å². The highest BCUT2D eigenvalue weighted by Crippen LogP contribution is 2.41. The molecule has 0 aliphatic heterocycles. The molecule has 0 bridgehead atoms. The van der Waals surface area contributed by atoms with E-state index in [2.05, 4.69) is 25.2 Å². The van der Waals surface area contributed by atoms with Crippen molar-refractivity contribution in [3.8, 4) is 0 Å². The zero-order valence-electron chi connectivity index (χ0n) is 15.5. The minimum atomic E-state index is -4.69. The molecule has 166 valence electrons. The molecule has 4 rings (SSSR count). The van der Waals surface area contributed by atoms with E-state index in [1.807, 2.05) is 0 Å². The predicted molar refractivity (Wildman–Crippen MR) is 92.2 cm³/mol. The Kier molecular flexibility index (Phi) is 5.11. The van der Waals surface area contributed by atoms with Crippen molar-refractivity contribution in [2.45, 2.75) is 37.8 Å². The van der Waals surface area contributed by atoms with Crippen molar-refractivity contribution < 1.29 is 35.9 Å². The second-order valence-electron chi connectivity index (χ2n) is 6.95. The second-order valence-corrected chi connectivity index (χ2v) is 6.95. The van der Waals surface area contributed by atoms with E-state index in [9.17, 15) is 31.1 Å². The third-order valence-corrected chi connectivity index (χ3v) is 4.35. The van der Waals surface area contributed by atoms with Gasteiger partial charge in [-0.25, -0.2) is 14.2 Å². The van der Waals surface area contributed by atoms with Gasteiger partial charge in [0.15, 0.2) is 11.3 Å². The summed E-state index contributed by atoms with van der Waals surface area (Å²) in [7, 11) is 0. The molecule has 3 heterocycles. The van der Waals surface area contributed by atoms with Crippen LogP contribution in [0.1, 0.15) is 40.6 Å². The molecule has 1 N–H and O–H groups in total. The third-order valence-electron chi connectivity index (χ3n) is 4.35. The number of hydrogen-bond donors (Lipinski definition) is 1. The minimum Gasteiger partial charge on any atom is -0.350 e. The Bertz CT molecular complexity index is 1110. The zero-order valence-corrected chi connectivity index (χ0v) is 15.5. The van der Waals surface area contributed by atoms with Crippen LogP contribution < -0.4 is 5.32 Å². The summed E-state index contributed by atoms with van der Waals surface area (Å²) in [6.07, 6.45) is -5.33. The molecule has 1 fully saturated rings. The fraction of sp³-hybridized carbons (Fsp3) is 0.412. The number of rotatable bonds is 6. The molecule has 8 nitrogen and oxygen atoms in total. The van der Waals surface area contributed by atoms with E-state index in [0.29, 0.717) is 10.2 Å². The summed E-state index contributed by atoms with van der Waals surface area (Å²) in [6.45, 7) is -1.97. The van der Waals surface area contributed by atoms with Crippen molar-refractivity contribution in [3.63, 3.8) is 0 Å². The summed E-state index contributed by atoms with van der Waals surface area (Å²) < 4.78 is 82.6. The maximum absolute atomic E-state index is 13.4. The van der Waals surface area contributed by atoms with Crippen molar-refractivity contribution in [1.82, 2.24) is 24.4 Å². The van der Waals surface area contributed by atoms with Gasteiger partial charge in [-0.2, -0.15) is 36.5 Å². The highest BCUT2D eigenvalue weighted by molar-refractivity contribution is 6.03. The number of anilines is 1. The van der Waals surface area contributed by atoms with Gasteiger partial charge in [-0.1, -0.05) is 0 Å².